The summed E-state index contributed by atoms with van der Waals surface area (Å²) in [6, 6.07) is 16.0. The number of rotatable bonds is 5. The van der Waals surface area contributed by atoms with E-state index in [-0.39, 0.29) is 23.8 Å². The molecule has 23 heavy (non-hydrogen) atoms. The van der Waals surface area contributed by atoms with E-state index in [0.29, 0.717) is 6.54 Å². The summed E-state index contributed by atoms with van der Waals surface area (Å²) in [5.74, 6) is -0.0642. The van der Waals surface area contributed by atoms with Gasteiger partial charge in [-0.25, -0.2) is 13.1 Å². The summed E-state index contributed by atoms with van der Waals surface area (Å²) in [7, 11) is -3.56. The van der Waals surface area contributed by atoms with Crippen LogP contribution in [-0.4, -0.2) is 27.4 Å². The summed E-state index contributed by atoms with van der Waals surface area (Å²) >= 11 is 0. The number of sulfonamides is 1. The van der Waals surface area contributed by atoms with Crippen molar-refractivity contribution >= 4 is 21.6 Å². The van der Waals surface area contributed by atoms with Gasteiger partial charge in [0.1, 0.15) is 0 Å². The van der Waals surface area contributed by atoms with Crippen molar-refractivity contribution in [1.82, 2.24) is 4.72 Å². The lowest BCUT2D eigenvalue weighted by atomic mass is 10.2. The van der Waals surface area contributed by atoms with Crippen molar-refractivity contribution in [3.8, 4) is 0 Å². The van der Waals surface area contributed by atoms with Crippen LogP contribution in [0.2, 0.25) is 0 Å². The Hall–Kier alpha value is -2.18. The maximum Gasteiger partial charge on any atom is 0.240 e. The first-order valence-corrected chi connectivity index (χ1v) is 8.99. The lowest BCUT2D eigenvalue weighted by molar-refractivity contribution is -0.118. The highest BCUT2D eigenvalue weighted by Crippen LogP contribution is 2.27. The summed E-state index contributed by atoms with van der Waals surface area (Å²) in [6.45, 7) is 0.748. The first kappa shape index (κ1) is 15.7. The average molecular weight is 330 g/mol. The van der Waals surface area contributed by atoms with E-state index in [4.69, 9.17) is 0 Å². The summed E-state index contributed by atoms with van der Waals surface area (Å²) in [6.07, 6.45) is 0.984. The van der Waals surface area contributed by atoms with Crippen LogP contribution in [0.4, 0.5) is 5.69 Å². The Morgan fingerprint density at radius 2 is 1.74 bits per heavy atom. The molecule has 0 radical (unpaired) electrons. The molecule has 120 valence electrons. The van der Waals surface area contributed by atoms with Gasteiger partial charge in [0, 0.05) is 25.2 Å². The lowest BCUT2D eigenvalue weighted by Gasteiger charge is -2.17. The van der Waals surface area contributed by atoms with Gasteiger partial charge in [-0.2, -0.15) is 0 Å². The van der Waals surface area contributed by atoms with Gasteiger partial charge in [0.25, 0.3) is 0 Å². The normalized spacial score (nSPS) is 13.8. The Balaban J connectivity index is 1.59. The van der Waals surface area contributed by atoms with Gasteiger partial charge in [-0.05, 0) is 30.2 Å². The predicted molar refractivity (Wildman–Crippen MR) is 88.7 cm³/mol. The molecule has 0 aliphatic carbocycles. The number of anilines is 1. The number of fused-ring (bicyclic) bond motifs is 1. The summed E-state index contributed by atoms with van der Waals surface area (Å²) in [4.78, 5) is 14.3. The van der Waals surface area contributed by atoms with Crippen LogP contribution in [0.3, 0.4) is 0 Å². The molecule has 1 aliphatic rings. The van der Waals surface area contributed by atoms with Crippen LogP contribution in [-0.2, 0) is 21.2 Å². The van der Waals surface area contributed by atoms with Crippen molar-refractivity contribution in [2.75, 3.05) is 18.0 Å². The topological polar surface area (TPSA) is 66.5 Å². The van der Waals surface area contributed by atoms with E-state index in [2.05, 4.69) is 4.72 Å². The standard InChI is InChI=1S/C17H18N2O3S/c20-17(19-13-11-14-6-4-5-9-16(14)19)10-12-18-23(21,22)15-7-2-1-3-8-15/h1-9,18H,10-13H2. The van der Waals surface area contributed by atoms with Crippen molar-refractivity contribution in [2.45, 2.75) is 17.7 Å². The molecular formula is C17H18N2O3S. The largest absolute Gasteiger partial charge is 0.312 e. The van der Waals surface area contributed by atoms with Gasteiger partial charge < -0.3 is 4.90 Å². The minimum Gasteiger partial charge on any atom is -0.312 e. The lowest BCUT2D eigenvalue weighted by Crippen LogP contribution is -2.33. The maximum atomic E-state index is 12.3. The quantitative estimate of drug-likeness (QED) is 0.911. The third kappa shape index (κ3) is 3.43. The van der Waals surface area contributed by atoms with Crippen molar-refractivity contribution in [1.29, 1.82) is 0 Å². The molecule has 0 spiro atoms. The van der Waals surface area contributed by atoms with Crippen molar-refractivity contribution < 1.29 is 13.2 Å². The molecule has 3 rings (SSSR count). The van der Waals surface area contributed by atoms with E-state index in [9.17, 15) is 13.2 Å². The van der Waals surface area contributed by atoms with E-state index < -0.39 is 10.0 Å². The predicted octanol–water partition coefficient (Wildman–Crippen LogP) is 1.94. The van der Waals surface area contributed by atoms with Crippen LogP contribution in [0, 0.1) is 0 Å². The monoisotopic (exact) mass is 330 g/mol. The van der Waals surface area contributed by atoms with Crippen molar-refractivity contribution in [3.05, 3.63) is 60.2 Å². The molecule has 2 aromatic rings. The molecule has 0 atom stereocenters. The van der Waals surface area contributed by atoms with Crippen LogP contribution in [0.5, 0.6) is 0 Å². The molecule has 2 aromatic carbocycles. The Morgan fingerprint density at radius 3 is 2.52 bits per heavy atom. The molecule has 1 N–H and O–H groups in total. The highest BCUT2D eigenvalue weighted by atomic mass is 32.2. The number of amides is 1. The van der Waals surface area contributed by atoms with Gasteiger partial charge in [-0.3, -0.25) is 4.79 Å². The average Bonchev–Trinajstić information content (AvgIpc) is 2.99. The van der Waals surface area contributed by atoms with Gasteiger partial charge in [-0.1, -0.05) is 36.4 Å². The smallest absolute Gasteiger partial charge is 0.240 e. The highest BCUT2D eigenvalue weighted by Gasteiger charge is 2.24. The van der Waals surface area contributed by atoms with Gasteiger partial charge >= 0.3 is 0 Å². The number of carbonyl (C=O) groups is 1. The second-order valence-electron chi connectivity index (χ2n) is 5.38. The van der Waals surface area contributed by atoms with Gasteiger partial charge in [0.2, 0.25) is 15.9 Å². The van der Waals surface area contributed by atoms with E-state index >= 15 is 0 Å². The molecular weight excluding hydrogens is 312 g/mol. The Bertz CT molecular complexity index is 804. The van der Waals surface area contributed by atoms with Gasteiger partial charge in [0.15, 0.2) is 0 Å². The molecule has 1 aliphatic heterocycles. The maximum absolute atomic E-state index is 12.3. The highest BCUT2D eigenvalue weighted by molar-refractivity contribution is 7.89. The van der Waals surface area contributed by atoms with Crippen molar-refractivity contribution in [3.63, 3.8) is 0 Å². The van der Waals surface area contributed by atoms with Crippen LogP contribution >= 0.6 is 0 Å². The molecule has 0 saturated heterocycles. The van der Waals surface area contributed by atoms with E-state index in [1.165, 1.54) is 12.1 Å². The number of carbonyl (C=O) groups excluding carboxylic acids is 1. The number of nitrogens with zero attached hydrogens (tertiary/aromatic N) is 1. The van der Waals surface area contributed by atoms with Gasteiger partial charge in [0.05, 0.1) is 4.90 Å². The number of hydrogen-bond acceptors (Lipinski definition) is 3. The van der Waals surface area contributed by atoms with E-state index in [1.54, 1.807) is 23.1 Å². The number of para-hydroxylation sites is 1. The molecule has 5 nitrogen and oxygen atoms in total. The minimum atomic E-state index is -3.56. The summed E-state index contributed by atoms with van der Waals surface area (Å²) in [5, 5.41) is 0. The van der Waals surface area contributed by atoms with Crippen LogP contribution in [0.15, 0.2) is 59.5 Å². The first-order valence-electron chi connectivity index (χ1n) is 7.51. The summed E-state index contributed by atoms with van der Waals surface area (Å²) < 4.78 is 26.7. The Morgan fingerprint density at radius 1 is 1.04 bits per heavy atom. The molecule has 0 aromatic heterocycles. The number of hydrogen-bond donors (Lipinski definition) is 1. The third-order valence-electron chi connectivity index (χ3n) is 3.87. The van der Waals surface area contributed by atoms with Crippen LogP contribution in [0.25, 0.3) is 0 Å². The third-order valence-corrected chi connectivity index (χ3v) is 5.35. The summed E-state index contributed by atoms with van der Waals surface area (Å²) in [5.41, 5.74) is 2.09. The Labute approximate surface area is 136 Å². The zero-order valence-electron chi connectivity index (χ0n) is 12.6. The molecule has 1 amide bonds. The molecule has 0 fully saturated rings. The molecule has 0 saturated carbocycles. The molecule has 0 bridgehead atoms. The van der Waals surface area contributed by atoms with Crippen LogP contribution in [0.1, 0.15) is 12.0 Å². The van der Waals surface area contributed by atoms with E-state index in [1.807, 2.05) is 24.3 Å². The second-order valence-corrected chi connectivity index (χ2v) is 7.15. The second kappa shape index (κ2) is 6.52. The fourth-order valence-corrected chi connectivity index (χ4v) is 3.76. The molecule has 1 heterocycles. The minimum absolute atomic E-state index is 0.0642. The van der Waals surface area contributed by atoms with Gasteiger partial charge in [-0.15, -0.1) is 0 Å². The fourth-order valence-electron chi connectivity index (χ4n) is 2.71. The molecule has 0 unspecified atom stereocenters. The number of benzene rings is 2. The zero-order valence-corrected chi connectivity index (χ0v) is 13.4. The fraction of sp³-hybridized carbons (Fsp3) is 0.235. The van der Waals surface area contributed by atoms with Crippen LogP contribution < -0.4 is 9.62 Å². The SMILES string of the molecule is O=C(CCNS(=O)(=O)c1ccccc1)N1CCc2ccccc21. The van der Waals surface area contributed by atoms with Crippen molar-refractivity contribution in [2.24, 2.45) is 0 Å². The zero-order chi connectivity index (χ0) is 16.3. The number of nitrogens with one attached hydrogen (secondary N) is 1. The first-order chi connectivity index (χ1) is 11.1. The molecule has 6 heteroatoms. The Kier molecular flexibility index (Phi) is 4.45. The van der Waals surface area contributed by atoms with E-state index in [0.717, 1.165) is 17.7 Å².